The Bertz CT molecular complexity index is 582. The Balaban J connectivity index is 1.78. The Hall–Kier alpha value is -1.51. The van der Waals surface area contributed by atoms with E-state index in [0.29, 0.717) is 24.8 Å². The number of carbonyl (C=O) groups excluding carboxylic acids is 2. The second kappa shape index (κ2) is 9.26. The highest BCUT2D eigenvalue weighted by atomic mass is 32.1. The number of aromatic nitrogens is 1. The number of carbonyl (C=O) groups is 2. The molecule has 7 nitrogen and oxygen atoms in total. The van der Waals surface area contributed by atoms with Crippen molar-refractivity contribution in [2.75, 3.05) is 52.1 Å². The molecule has 2 amide bonds. The fourth-order valence-corrected chi connectivity index (χ4v) is 3.68. The van der Waals surface area contributed by atoms with Crippen molar-refractivity contribution >= 4 is 28.3 Å². The number of anilines is 1. The fourth-order valence-electron chi connectivity index (χ4n) is 2.85. The number of thiazole rings is 1. The average molecular weight is 368 g/mol. The van der Waals surface area contributed by atoms with Gasteiger partial charge in [0.1, 0.15) is 0 Å². The maximum absolute atomic E-state index is 12.3. The molecule has 140 valence electrons. The quantitative estimate of drug-likeness (QED) is 0.754. The Morgan fingerprint density at radius 1 is 1.36 bits per heavy atom. The van der Waals surface area contributed by atoms with Crippen molar-refractivity contribution in [2.45, 2.75) is 26.7 Å². The number of likely N-dealkylation sites (tertiary alicyclic amines) is 1. The number of amides is 2. The van der Waals surface area contributed by atoms with Crippen molar-refractivity contribution in [3.63, 3.8) is 0 Å². The second-order valence-electron chi connectivity index (χ2n) is 6.88. The summed E-state index contributed by atoms with van der Waals surface area (Å²) in [6.45, 7) is 7.21. The van der Waals surface area contributed by atoms with E-state index in [1.165, 1.54) is 11.3 Å². The van der Waals surface area contributed by atoms with Crippen LogP contribution in [0.15, 0.2) is 0 Å². The molecule has 8 heteroatoms. The van der Waals surface area contributed by atoms with Crippen molar-refractivity contribution < 1.29 is 9.59 Å². The molecule has 1 fully saturated rings. The van der Waals surface area contributed by atoms with Crippen LogP contribution in [0.25, 0.3) is 0 Å². The van der Waals surface area contributed by atoms with Gasteiger partial charge in [0.2, 0.25) is 11.8 Å². The van der Waals surface area contributed by atoms with Gasteiger partial charge in [0.05, 0.1) is 18.2 Å². The van der Waals surface area contributed by atoms with Crippen LogP contribution >= 0.6 is 11.3 Å². The number of nitrogens with zero attached hydrogens (tertiary/aromatic N) is 3. The summed E-state index contributed by atoms with van der Waals surface area (Å²) in [4.78, 5) is 34.1. The normalized spacial score (nSPS) is 18.4. The highest BCUT2D eigenvalue weighted by Crippen LogP contribution is 2.21. The molecule has 1 aromatic heterocycles. The van der Waals surface area contributed by atoms with Crippen LogP contribution in [0.5, 0.6) is 0 Å². The van der Waals surface area contributed by atoms with Crippen LogP contribution in [-0.4, -0.2) is 73.4 Å². The fraction of sp³-hybridized carbons (Fsp3) is 0.706. The molecule has 0 saturated carbocycles. The Morgan fingerprint density at radius 2 is 2.12 bits per heavy atom. The van der Waals surface area contributed by atoms with Crippen molar-refractivity contribution in [2.24, 2.45) is 5.92 Å². The Labute approximate surface area is 153 Å². The Kier molecular flexibility index (Phi) is 7.34. The van der Waals surface area contributed by atoms with E-state index in [2.05, 4.69) is 20.5 Å². The van der Waals surface area contributed by atoms with Gasteiger partial charge in [-0.25, -0.2) is 4.98 Å². The second-order valence-corrected chi connectivity index (χ2v) is 8.08. The van der Waals surface area contributed by atoms with Gasteiger partial charge in [0, 0.05) is 24.5 Å². The molecular formula is C17H29N5O2S. The largest absolute Gasteiger partial charge is 0.355 e. The molecule has 1 aliphatic heterocycles. The Morgan fingerprint density at radius 3 is 2.76 bits per heavy atom. The van der Waals surface area contributed by atoms with E-state index in [0.717, 1.165) is 36.5 Å². The summed E-state index contributed by atoms with van der Waals surface area (Å²) in [5, 5.41) is 6.50. The van der Waals surface area contributed by atoms with Gasteiger partial charge in [0.25, 0.3) is 0 Å². The van der Waals surface area contributed by atoms with Crippen molar-refractivity contribution in [1.82, 2.24) is 20.1 Å². The third-order valence-corrected chi connectivity index (χ3v) is 5.36. The highest BCUT2D eigenvalue weighted by Gasteiger charge is 2.26. The van der Waals surface area contributed by atoms with Gasteiger partial charge < -0.3 is 15.5 Å². The number of piperidine rings is 1. The first-order valence-corrected chi connectivity index (χ1v) is 9.55. The molecule has 2 N–H and O–H groups in total. The van der Waals surface area contributed by atoms with Crippen molar-refractivity contribution in [3.8, 4) is 0 Å². The van der Waals surface area contributed by atoms with Crippen LogP contribution in [0, 0.1) is 19.8 Å². The standard InChI is InChI=1S/C17H29N5O2S/c1-12-13(2)25-17(19-12)20-15(23)11-22-8-5-6-14(10-22)16(24)18-7-9-21(3)4/h14H,5-11H2,1-4H3,(H,18,24)(H,19,20,23). The first-order chi connectivity index (χ1) is 11.8. The molecule has 25 heavy (non-hydrogen) atoms. The van der Waals surface area contributed by atoms with Crippen molar-refractivity contribution in [3.05, 3.63) is 10.6 Å². The summed E-state index contributed by atoms with van der Waals surface area (Å²) in [6.07, 6.45) is 1.82. The van der Waals surface area contributed by atoms with Crippen LogP contribution in [-0.2, 0) is 9.59 Å². The zero-order chi connectivity index (χ0) is 18.4. The molecule has 0 spiro atoms. The van der Waals surface area contributed by atoms with Gasteiger partial charge in [-0.3, -0.25) is 14.5 Å². The molecule has 1 unspecified atom stereocenters. The molecule has 1 aliphatic rings. The SMILES string of the molecule is Cc1nc(NC(=O)CN2CCCC(C(=O)NCCN(C)C)C2)sc1C. The van der Waals surface area contributed by atoms with E-state index in [4.69, 9.17) is 0 Å². The topological polar surface area (TPSA) is 77.6 Å². The molecular weight excluding hydrogens is 338 g/mol. The predicted molar refractivity (Wildman–Crippen MR) is 101 cm³/mol. The lowest BCUT2D eigenvalue weighted by Gasteiger charge is -2.31. The lowest BCUT2D eigenvalue weighted by molar-refractivity contribution is -0.128. The van der Waals surface area contributed by atoms with Crippen molar-refractivity contribution in [1.29, 1.82) is 0 Å². The highest BCUT2D eigenvalue weighted by molar-refractivity contribution is 7.15. The lowest BCUT2D eigenvalue weighted by atomic mass is 9.97. The zero-order valence-corrected chi connectivity index (χ0v) is 16.4. The molecule has 2 rings (SSSR count). The van der Waals surface area contributed by atoms with E-state index < -0.39 is 0 Å². The van der Waals surface area contributed by atoms with Crippen LogP contribution < -0.4 is 10.6 Å². The van der Waals surface area contributed by atoms with Gasteiger partial charge in [0.15, 0.2) is 5.13 Å². The van der Waals surface area contributed by atoms with Gasteiger partial charge >= 0.3 is 0 Å². The average Bonchev–Trinajstić information content (AvgIpc) is 2.84. The van der Waals surface area contributed by atoms with Crippen LogP contribution in [0.4, 0.5) is 5.13 Å². The van der Waals surface area contributed by atoms with E-state index in [9.17, 15) is 9.59 Å². The third kappa shape index (κ3) is 6.37. The van der Waals surface area contributed by atoms with Gasteiger partial charge in [-0.15, -0.1) is 11.3 Å². The molecule has 1 aromatic rings. The molecule has 0 aliphatic carbocycles. The molecule has 2 heterocycles. The minimum Gasteiger partial charge on any atom is -0.355 e. The van der Waals surface area contributed by atoms with Gasteiger partial charge in [-0.2, -0.15) is 0 Å². The van der Waals surface area contributed by atoms with Crippen LogP contribution in [0.3, 0.4) is 0 Å². The maximum Gasteiger partial charge on any atom is 0.240 e. The van der Waals surface area contributed by atoms with Gasteiger partial charge in [-0.1, -0.05) is 0 Å². The van der Waals surface area contributed by atoms with Crippen LogP contribution in [0.1, 0.15) is 23.4 Å². The van der Waals surface area contributed by atoms with E-state index in [1.54, 1.807) is 0 Å². The summed E-state index contributed by atoms with van der Waals surface area (Å²) in [6, 6.07) is 0. The summed E-state index contributed by atoms with van der Waals surface area (Å²) < 4.78 is 0. The predicted octanol–water partition coefficient (Wildman–Crippen LogP) is 1.09. The minimum atomic E-state index is -0.0672. The summed E-state index contributed by atoms with van der Waals surface area (Å²) >= 11 is 1.49. The molecule has 0 radical (unpaired) electrons. The zero-order valence-electron chi connectivity index (χ0n) is 15.6. The first kappa shape index (κ1) is 19.8. The monoisotopic (exact) mass is 367 g/mol. The number of hydrogen-bond acceptors (Lipinski definition) is 6. The number of rotatable bonds is 7. The summed E-state index contributed by atoms with van der Waals surface area (Å²) in [7, 11) is 3.97. The van der Waals surface area contributed by atoms with Crippen LogP contribution in [0.2, 0.25) is 0 Å². The third-order valence-electron chi connectivity index (χ3n) is 4.38. The molecule has 0 aromatic carbocycles. The number of nitrogens with one attached hydrogen (secondary N) is 2. The van der Waals surface area contributed by atoms with Gasteiger partial charge in [-0.05, 0) is 47.3 Å². The smallest absolute Gasteiger partial charge is 0.240 e. The minimum absolute atomic E-state index is 0.0342. The summed E-state index contributed by atoms with van der Waals surface area (Å²) in [5.74, 6) is -0.00592. The number of aryl methyl sites for hydroxylation is 2. The summed E-state index contributed by atoms with van der Waals surface area (Å²) in [5.41, 5.74) is 0.952. The number of hydrogen-bond donors (Lipinski definition) is 2. The molecule has 0 bridgehead atoms. The number of likely N-dealkylation sites (N-methyl/N-ethyl adjacent to an activating group) is 1. The molecule has 1 atom stereocenters. The first-order valence-electron chi connectivity index (χ1n) is 8.74. The molecule has 1 saturated heterocycles. The van der Waals surface area contributed by atoms with E-state index in [-0.39, 0.29) is 17.7 Å². The van der Waals surface area contributed by atoms with E-state index >= 15 is 0 Å². The lowest BCUT2D eigenvalue weighted by Crippen LogP contribution is -2.46. The van der Waals surface area contributed by atoms with E-state index in [1.807, 2.05) is 32.8 Å². The maximum atomic E-state index is 12.3.